The summed E-state index contributed by atoms with van der Waals surface area (Å²) >= 11 is 1.88. The van der Waals surface area contributed by atoms with Crippen LogP contribution in [-0.4, -0.2) is 63.0 Å². The van der Waals surface area contributed by atoms with Crippen molar-refractivity contribution in [3.05, 3.63) is 45.5 Å². The minimum atomic E-state index is 0.0322. The van der Waals surface area contributed by atoms with Crippen LogP contribution in [0.2, 0.25) is 0 Å². The Kier molecular flexibility index (Phi) is 6.18. The first kappa shape index (κ1) is 19.7. The second-order valence-corrected chi connectivity index (χ2v) is 9.01. The highest BCUT2D eigenvalue weighted by molar-refractivity contribution is 7.98. The van der Waals surface area contributed by atoms with Gasteiger partial charge in [-0.1, -0.05) is 13.8 Å². The number of nitrogens with zero attached hydrogens (tertiary/aromatic N) is 5. The molecular formula is C20H29N5O2S. The molecule has 0 spiro atoms. The van der Waals surface area contributed by atoms with Crippen molar-refractivity contribution in [2.45, 2.75) is 45.0 Å². The number of oxazole rings is 1. The van der Waals surface area contributed by atoms with Gasteiger partial charge in [-0.15, -0.1) is 0 Å². The summed E-state index contributed by atoms with van der Waals surface area (Å²) in [7, 11) is 0. The van der Waals surface area contributed by atoms with Crippen LogP contribution < -0.4 is 5.56 Å². The molecule has 0 atom stereocenters. The molecule has 0 aromatic carbocycles. The average Bonchev–Trinajstić information content (AvgIpc) is 3.16. The van der Waals surface area contributed by atoms with Crippen molar-refractivity contribution in [2.24, 2.45) is 0 Å². The maximum absolute atomic E-state index is 12.3. The van der Waals surface area contributed by atoms with Gasteiger partial charge >= 0.3 is 0 Å². The summed E-state index contributed by atoms with van der Waals surface area (Å²) < 4.78 is 7.48. The lowest BCUT2D eigenvalue weighted by Crippen LogP contribution is -2.47. The molecule has 0 amide bonds. The van der Waals surface area contributed by atoms with Gasteiger partial charge in [-0.05, 0) is 11.3 Å². The molecule has 28 heavy (non-hydrogen) atoms. The fraction of sp³-hybridized carbons (Fsp3) is 0.650. The molecule has 2 aliphatic heterocycles. The highest BCUT2D eigenvalue weighted by Gasteiger charge is 2.20. The van der Waals surface area contributed by atoms with Gasteiger partial charge in [0.15, 0.2) is 0 Å². The zero-order valence-corrected chi connectivity index (χ0v) is 17.6. The lowest BCUT2D eigenvalue weighted by atomic mass is 10.2. The second-order valence-electron chi connectivity index (χ2n) is 7.91. The quantitative estimate of drug-likeness (QED) is 0.730. The normalized spacial score (nSPS) is 18.5. The van der Waals surface area contributed by atoms with Crippen LogP contribution in [0.1, 0.15) is 42.7 Å². The zero-order valence-electron chi connectivity index (χ0n) is 16.8. The predicted octanol–water partition coefficient (Wildman–Crippen LogP) is 1.96. The van der Waals surface area contributed by atoms with E-state index in [0.29, 0.717) is 12.5 Å². The SMILES string of the molecule is CC(C)c1cnc(CN2CCN(CCn3nc4c(cc3=O)CSCC4)CC2)o1. The van der Waals surface area contributed by atoms with E-state index in [4.69, 9.17) is 4.42 Å². The molecule has 1 fully saturated rings. The molecule has 0 aliphatic carbocycles. The molecule has 0 N–H and O–H groups in total. The number of rotatable bonds is 6. The molecule has 0 unspecified atom stereocenters. The van der Waals surface area contributed by atoms with E-state index in [0.717, 1.165) is 80.1 Å². The summed E-state index contributed by atoms with van der Waals surface area (Å²) in [5.41, 5.74) is 2.26. The Hall–Kier alpha value is -1.64. The number of hydrogen-bond acceptors (Lipinski definition) is 7. The standard InChI is InChI=1S/C20H29N5O2S/c1-15(2)18-12-21-19(27-18)13-24-6-4-23(5-7-24)8-9-25-20(26)11-16-14-28-10-3-17(16)22-25/h11-12,15H,3-10,13-14H2,1-2H3. The highest BCUT2D eigenvalue weighted by Crippen LogP contribution is 2.21. The first-order valence-corrected chi connectivity index (χ1v) is 11.3. The first-order valence-electron chi connectivity index (χ1n) is 10.2. The Bertz CT molecular complexity index is 855. The lowest BCUT2D eigenvalue weighted by Gasteiger charge is -2.34. The van der Waals surface area contributed by atoms with Crippen molar-refractivity contribution < 1.29 is 4.42 Å². The summed E-state index contributed by atoms with van der Waals surface area (Å²) in [5.74, 6) is 4.15. The number of fused-ring (bicyclic) bond motifs is 1. The molecule has 0 bridgehead atoms. The fourth-order valence-electron chi connectivity index (χ4n) is 3.68. The van der Waals surface area contributed by atoms with Crippen molar-refractivity contribution in [1.29, 1.82) is 0 Å². The second kappa shape index (κ2) is 8.80. The van der Waals surface area contributed by atoms with E-state index < -0.39 is 0 Å². The molecule has 2 aromatic rings. The van der Waals surface area contributed by atoms with E-state index in [1.54, 1.807) is 10.7 Å². The van der Waals surface area contributed by atoms with Gasteiger partial charge in [0.1, 0.15) is 5.76 Å². The topological polar surface area (TPSA) is 67.4 Å². The van der Waals surface area contributed by atoms with Crippen LogP contribution in [-0.2, 0) is 25.3 Å². The van der Waals surface area contributed by atoms with Gasteiger partial charge in [0.05, 0.1) is 25.0 Å². The highest BCUT2D eigenvalue weighted by atomic mass is 32.2. The van der Waals surface area contributed by atoms with E-state index in [2.05, 4.69) is 33.7 Å². The third kappa shape index (κ3) is 4.67. The summed E-state index contributed by atoms with van der Waals surface area (Å²) in [6, 6.07) is 1.79. The van der Waals surface area contributed by atoms with Crippen LogP contribution >= 0.6 is 11.8 Å². The van der Waals surface area contributed by atoms with Crippen LogP contribution in [0, 0.1) is 0 Å². The van der Waals surface area contributed by atoms with E-state index in [-0.39, 0.29) is 5.56 Å². The maximum atomic E-state index is 12.3. The van der Waals surface area contributed by atoms with Gasteiger partial charge in [0, 0.05) is 56.9 Å². The number of thioether (sulfide) groups is 1. The van der Waals surface area contributed by atoms with Gasteiger partial charge in [-0.2, -0.15) is 16.9 Å². The Morgan fingerprint density at radius 3 is 2.71 bits per heavy atom. The molecule has 2 aromatic heterocycles. The summed E-state index contributed by atoms with van der Waals surface area (Å²) in [4.78, 5) is 21.5. The zero-order chi connectivity index (χ0) is 19.5. The van der Waals surface area contributed by atoms with Gasteiger partial charge in [-0.25, -0.2) is 9.67 Å². The minimum Gasteiger partial charge on any atom is -0.444 e. The van der Waals surface area contributed by atoms with Crippen molar-refractivity contribution in [1.82, 2.24) is 24.6 Å². The largest absolute Gasteiger partial charge is 0.444 e. The van der Waals surface area contributed by atoms with Crippen molar-refractivity contribution in [3.8, 4) is 0 Å². The number of aryl methyl sites for hydroxylation is 1. The van der Waals surface area contributed by atoms with Crippen molar-refractivity contribution >= 4 is 11.8 Å². The van der Waals surface area contributed by atoms with Crippen LogP contribution in [0.25, 0.3) is 0 Å². The Labute approximate surface area is 170 Å². The van der Waals surface area contributed by atoms with Crippen LogP contribution in [0.3, 0.4) is 0 Å². The van der Waals surface area contributed by atoms with E-state index >= 15 is 0 Å². The van der Waals surface area contributed by atoms with Gasteiger partial charge in [0.2, 0.25) is 5.89 Å². The number of piperazine rings is 1. The van der Waals surface area contributed by atoms with Crippen LogP contribution in [0.4, 0.5) is 0 Å². The molecule has 8 heteroatoms. The molecule has 4 heterocycles. The Balaban J connectivity index is 1.26. The van der Waals surface area contributed by atoms with Gasteiger partial charge < -0.3 is 4.42 Å². The maximum Gasteiger partial charge on any atom is 0.267 e. The summed E-state index contributed by atoms with van der Waals surface area (Å²) in [5, 5.41) is 4.62. The Morgan fingerprint density at radius 2 is 1.96 bits per heavy atom. The minimum absolute atomic E-state index is 0.0322. The monoisotopic (exact) mass is 403 g/mol. The summed E-state index contributed by atoms with van der Waals surface area (Å²) in [6.45, 7) is 10.5. The average molecular weight is 404 g/mol. The molecule has 1 saturated heterocycles. The third-order valence-corrected chi connectivity index (χ3v) is 6.51. The number of hydrogen-bond donors (Lipinski definition) is 0. The van der Waals surface area contributed by atoms with Crippen LogP contribution in [0.15, 0.2) is 21.5 Å². The van der Waals surface area contributed by atoms with Gasteiger partial charge in [-0.3, -0.25) is 14.6 Å². The Morgan fingerprint density at radius 1 is 1.18 bits per heavy atom. The van der Waals surface area contributed by atoms with E-state index in [1.165, 1.54) is 0 Å². The van der Waals surface area contributed by atoms with Crippen molar-refractivity contribution in [2.75, 3.05) is 38.5 Å². The molecular weight excluding hydrogens is 374 g/mol. The molecule has 4 rings (SSSR count). The predicted molar refractivity (Wildman–Crippen MR) is 111 cm³/mol. The van der Waals surface area contributed by atoms with E-state index in [1.807, 2.05) is 18.0 Å². The van der Waals surface area contributed by atoms with Gasteiger partial charge in [0.25, 0.3) is 5.56 Å². The van der Waals surface area contributed by atoms with Crippen molar-refractivity contribution in [3.63, 3.8) is 0 Å². The first-order chi connectivity index (χ1) is 13.6. The molecule has 152 valence electrons. The molecule has 0 saturated carbocycles. The van der Waals surface area contributed by atoms with Crippen LogP contribution in [0.5, 0.6) is 0 Å². The summed E-state index contributed by atoms with van der Waals surface area (Å²) in [6.07, 6.45) is 2.82. The number of aromatic nitrogens is 3. The molecule has 0 radical (unpaired) electrons. The smallest absolute Gasteiger partial charge is 0.267 e. The lowest BCUT2D eigenvalue weighted by molar-refractivity contribution is 0.114. The molecule has 2 aliphatic rings. The fourth-order valence-corrected chi connectivity index (χ4v) is 4.63. The third-order valence-electron chi connectivity index (χ3n) is 5.50. The molecule has 7 nitrogen and oxygen atoms in total. The van der Waals surface area contributed by atoms with E-state index in [9.17, 15) is 4.79 Å².